The normalized spacial score (nSPS) is 9.67. The molecule has 0 bridgehead atoms. The van der Waals surface area contributed by atoms with Crippen molar-refractivity contribution >= 4 is 10.3 Å². The van der Waals surface area contributed by atoms with E-state index in [1.807, 2.05) is 0 Å². The van der Waals surface area contributed by atoms with E-state index in [4.69, 9.17) is 13.0 Å². The van der Waals surface area contributed by atoms with Gasteiger partial charge in [-0.3, -0.25) is 4.55 Å². The Hall–Kier alpha value is 1.51. The second kappa shape index (κ2) is 3.50. The molecule has 0 spiro atoms. The maximum absolute atomic E-state index is 8.97. The van der Waals surface area contributed by atoms with Crippen LogP contribution in [0.5, 0.6) is 0 Å². The molecule has 0 unspecified atom stereocenters. The van der Waals surface area contributed by atoms with Crippen LogP contribution in [-0.2, 0) is 10.3 Å². The maximum atomic E-state index is 8.97. The van der Waals surface area contributed by atoms with E-state index >= 15 is 0 Å². The minimum absolute atomic E-state index is 0. The molecule has 4 nitrogen and oxygen atoms in total. The Balaban J connectivity index is -0.0000000800. The Kier molecular flexibility index (Phi) is 6.12. The van der Waals surface area contributed by atoms with E-state index in [-0.39, 0.29) is 52.8 Å². The molecule has 3 N–H and O–H groups in total. The molecule has 0 saturated heterocycles. The van der Waals surface area contributed by atoms with E-state index in [0.717, 1.165) is 0 Å². The predicted molar refractivity (Wildman–Crippen MR) is 16.8 cm³/mol. The zero-order valence-electron chi connectivity index (χ0n) is 4.25. The van der Waals surface area contributed by atoms with Crippen LogP contribution in [0.2, 0.25) is 0 Å². The summed E-state index contributed by atoms with van der Waals surface area (Å²) in [6.45, 7) is 0. The van der Waals surface area contributed by atoms with Crippen LogP contribution in [0.25, 0.3) is 0 Å². The van der Waals surface area contributed by atoms with Crippen LogP contribution in [0.4, 0.5) is 0 Å². The average Bonchev–Trinajstić information content (AvgIpc) is 0.722. The number of rotatable bonds is 0. The maximum Gasteiger partial charge on any atom is 1.00 e. The van der Waals surface area contributed by atoms with Gasteiger partial charge in [-0.05, 0) is 0 Å². The van der Waals surface area contributed by atoms with Gasteiger partial charge in [-0.25, -0.2) is 5.14 Å². The number of nitrogens with two attached hydrogens (primary N) is 1. The molecule has 0 rings (SSSR count). The summed E-state index contributed by atoms with van der Waals surface area (Å²) in [7, 11) is -4.17. The quantitative estimate of drug-likeness (QED) is 0.263. The largest absolute Gasteiger partial charge is 1.00 e. The summed E-state index contributed by atoms with van der Waals surface area (Å²) < 4.78 is 25.2. The van der Waals surface area contributed by atoms with Gasteiger partial charge in [-0.2, -0.15) is 8.42 Å². The van der Waals surface area contributed by atoms with Crippen molar-refractivity contribution in [1.82, 2.24) is 0 Å². The summed E-state index contributed by atoms with van der Waals surface area (Å²) >= 11 is 0. The summed E-state index contributed by atoms with van der Waals surface area (Å²) in [4.78, 5) is 0. The Morgan fingerprint density at radius 1 is 1.67 bits per heavy atom. The topological polar surface area (TPSA) is 80.4 Å². The molecule has 0 aliphatic carbocycles. The molecule has 0 atom stereocenters. The molecule has 0 aromatic rings. The van der Waals surface area contributed by atoms with Gasteiger partial charge in [0, 0.05) is 0 Å². The standard InChI is InChI=1S/K.H3NO3S.H/c;1-5(2,3)4;/h;(H3,1,2,3,4);/q+1;;-1. The van der Waals surface area contributed by atoms with Gasteiger partial charge < -0.3 is 1.43 Å². The van der Waals surface area contributed by atoms with Crippen LogP contribution >= 0.6 is 0 Å². The SMILES string of the molecule is NS(=O)(=O)O.[H-].[K+]. The van der Waals surface area contributed by atoms with Crippen LogP contribution in [-0.4, -0.2) is 13.0 Å². The van der Waals surface area contributed by atoms with Gasteiger partial charge in [0.1, 0.15) is 0 Å². The third-order valence-electron chi connectivity index (χ3n) is 0. The molecule has 0 saturated carbocycles. The molecule has 0 aliphatic heterocycles. The van der Waals surface area contributed by atoms with E-state index in [0.29, 0.717) is 0 Å². The van der Waals surface area contributed by atoms with Crippen molar-refractivity contribution in [3.05, 3.63) is 0 Å². The Bertz CT molecular complexity index is 98.1. The van der Waals surface area contributed by atoms with E-state index in [9.17, 15) is 0 Å². The predicted octanol–water partition coefficient (Wildman–Crippen LogP) is -4.14. The minimum Gasteiger partial charge on any atom is -1.00 e. The van der Waals surface area contributed by atoms with Gasteiger partial charge in [0.25, 0.3) is 0 Å². The van der Waals surface area contributed by atoms with Crippen LogP contribution in [0.15, 0.2) is 0 Å². The van der Waals surface area contributed by atoms with Crippen molar-refractivity contribution in [3.8, 4) is 0 Å². The summed E-state index contributed by atoms with van der Waals surface area (Å²) in [5.74, 6) is 0. The van der Waals surface area contributed by atoms with Crippen LogP contribution in [0, 0.1) is 0 Å². The molecule has 0 aromatic carbocycles. The summed E-state index contributed by atoms with van der Waals surface area (Å²) in [6, 6.07) is 0. The molecular formula is H4KNO3S. The first-order valence-electron chi connectivity index (χ1n) is 0.752. The second-order valence-electron chi connectivity index (χ2n) is 0.515. The zero-order valence-corrected chi connectivity index (χ0v) is 7.19. The van der Waals surface area contributed by atoms with Gasteiger partial charge in [0.15, 0.2) is 0 Å². The minimum atomic E-state index is -4.17. The molecule has 0 aliphatic rings. The van der Waals surface area contributed by atoms with E-state index in [1.165, 1.54) is 0 Å². The van der Waals surface area contributed by atoms with Crippen molar-refractivity contribution in [2.45, 2.75) is 0 Å². The molecule has 6 heteroatoms. The van der Waals surface area contributed by atoms with Crippen molar-refractivity contribution in [1.29, 1.82) is 0 Å². The van der Waals surface area contributed by atoms with Gasteiger partial charge in [-0.1, -0.05) is 0 Å². The Morgan fingerprint density at radius 3 is 1.67 bits per heavy atom. The first-order valence-corrected chi connectivity index (χ1v) is 2.25. The van der Waals surface area contributed by atoms with E-state index < -0.39 is 10.3 Å². The number of hydrogen-bond acceptors (Lipinski definition) is 2. The molecule has 0 radical (unpaired) electrons. The smallest absolute Gasteiger partial charge is 1.00 e. The molecular weight excluding hydrogens is 133 g/mol. The van der Waals surface area contributed by atoms with Crippen LogP contribution < -0.4 is 56.5 Å². The van der Waals surface area contributed by atoms with Gasteiger partial charge in [0.05, 0.1) is 0 Å². The molecule has 0 fully saturated rings. The molecule has 0 heterocycles. The fraction of sp³-hybridized carbons (Fsp3) is 0. The zero-order chi connectivity index (χ0) is 4.50. The van der Waals surface area contributed by atoms with Crippen molar-refractivity contribution in [3.63, 3.8) is 0 Å². The van der Waals surface area contributed by atoms with E-state index in [1.54, 1.807) is 0 Å². The van der Waals surface area contributed by atoms with Gasteiger partial charge in [0.2, 0.25) is 0 Å². The summed E-state index contributed by atoms with van der Waals surface area (Å²) in [5.41, 5.74) is 0. The van der Waals surface area contributed by atoms with E-state index in [2.05, 4.69) is 5.14 Å². The fourth-order valence-electron chi connectivity index (χ4n) is 0. The molecule has 34 valence electrons. The van der Waals surface area contributed by atoms with Crippen LogP contribution in [0.3, 0.4) is 0 Å². The average molecular weight is 137 g/mol. The van der Waals surface area contributed by atoms with Crippen LogP contribution in [0.1, 0.15) is 1.43 Å². The molecule has 0 amide bonds. The summed E-state index contributed by atoms with van der Waals surface area (Å²) in [6.07, 6.45) is 0. The Labute approximate surface area is 79.9 Å². The number of hydrogen-bond donors (Lipinski definition) is 2. The third kappa shape index (κ3) is 49.3. The van der Waals surface area contributed by atoms with Crippen molar-refractivity contribution in [2.75, 3.05) is 0 Å². The monoisotopic (exact) mass is 137 g/mol. The van der Waals surface area contributed by atoms with Gasteiger partial charge >= 0.3 is 61.7 Å². The van der Waals surface area contributed by atoms with Crippen molar-refractivity contribution < 1.29 is 65.8 Å². The fourth-order valence-corrected chi connectivity index (χ4v) is 0. The Morgan fingerprint density at radius 2 is 1.67 bits per heavy atom. The first kappa shape index (κ1) is 10.5. The second-order valence-corrected chi connectivity index (χ2v) is 1.54. The third-order valence-corrected chi connectivity index (χ3v) is 0. The van der Waals surface area contributed by atoms with Gasteiger partial charge in [-0.15, -0.1) is 0 Å². The molecule has 0 aromatic heterocycles. The molecule has 6 heavy (non-hydrogen) atoms. The first-order chi connectivity index (χ1) is 2.00. The van der Waals surface area contributed by atoms with Crippen molar-refractivity contribution in [2.24, 2.45) is 5.14 Å². The summed E-state index contributed by atoms with van der Waals surface area (Å²) in [5, 5.41) is 3.88.